The van der Waals surface area contributed by atoms with Gasteiger partial charge in [-0.1, -0.05) is 6.92 Å². The lowest BCUT2D eigenvalue weighted by Gasteiger charge is -2.23. The summed E-state index contributed by atoms with van der Waals surface area (Å²) in [7, 11) is 0. The number of anilines is 1. The molecule has 2 aromatic rings. The average Bonchev–Trinajstić information content (AvgIpc) is 2.88. The SMILES string of the molecule is CCc1cc(N2CCCN(C(N)=O)CC2)nc(-c2ccncc2)n1. The zero-order valence-electron chi connectivity index (χ0n) is 13.9. The van der Waals surface area contributed by atoms with Crippen molar-refractivity contribution >= 4 is 11.8 Å². The number of pyridine rings is 1. The van der Waals surface area contributed by atoms with Crippen LogP contribution in [-0.2, 0) is 6.42 Å². The number of nitrogens with two attached hydrogens (primary N) is 1. The number of primary amides is 1. The minimum Gasteiger partial charge on any atom is -0.355 e. The lowest BCUT2D eigenvalue weighted by Crippen LogP contribution is -2.38. The molecule has 0 unspecified atom stereocenters. The van der Waals surface area contributed by atoms with Gasteiger partial charge in [0.2, 0.25) is 0 Å². The fraction of sp³-hybridized carbons (Fsp3) is 0.412. The molecule has 0 saturated carbocycles. The van der Waals surface area contributed by atoms with Crippen LogP contribution in [-0.4, -0.2) is 52.1 Å². The second kappa shape index (κ2) is 7.25. The van der Waals surface area contributed by atoms with E-state index < -0.39 is 0 Å². The maximum absolute atomic E-state index is 11.4. The highest BCUT2D eigenvalue weighted by Gasteiger charge is 2.19. The molecule has 2 N–H and O–H groups in total. The standard InChI is InChI=1S/C17H22N6O/c1-2-14-12-15(21-16(20-14)13-4-6-19-7-5-13)22-8-3-9-23(11-10-22)17(18)24/h4-7,12H,2-3,8-11H2,1H3,(H2,18,24). The Kier molecular flexibility index (Phi) is 4.88. The van der Waals surface area contributed by atoms with E-state index in [-0.39, 0.29) is 6.03 Å². The molecule has 1 aliphatic heterocycles. The van der Waals surface area contributed by atoms with Crippen LogP contribution in [0.2, 0.25) is 0 Å². The second-order valence-corrected chi connectivity index (χ2v) is 5.80. The van der Waals surface area contributed by atoms with Gasteiger partial charge in [0, 0.05) is 55.9 Å². The van der Waals surface area contributed by atoms with Crippen molar-refractivity contribution in [1.29, 1.82) is 0 Å². The molecule has 0 atom stereocenters. The molecule has 0 radical (unpaired) electrons. The number of nitrogens with zero attached hydrogens (tertiary/aromatic N) is 5. The van der Waals surface area contributed by atoms with Crippen LogP contribution in [0.15, 0.2) is 30.6 Å². The van der Waals surface area contributed by atoms with Crippen molar-refractivity contribution in [3.63, 3.8) is 0 Å². The number of hydrogen-bond donors (Lipinski definition) is 1. The van der Waals surface area contributed by atoms with Crippen LogP contribution in [0.5, 0.6) is 0 Å². The van der Waals surface area contributed by atoms with E-state index in [0.29, 0.717) is 18.9 Å². The van der Waals surface area contributed by atoms with Crippen LogP contribution < -0.4 is 10.6 Å². The van der Waals surface area contributed by atoms with Gasteiger partial charge >= 0.3 is 6.03 Å². The van der Waals surface area contributed by atoms with Crippen molar-refractivity contribution in [3.05, 3.63) is 36.3 Å². The molecule has 7 nitrogen and oxygen atoms in total. The summed E-state index contributed by atoms with van der Waals surface area (Å²) in [5.74, 6) is 1.61. The van der Waals surface area contributed by atoms with Gasteiger partial charge in [-0.15, -0.1) is 0 Å². The molecule has 0 spiro atoms. The Morgan fingerprint density at radius 1 is 1.17 bits per heavy atom. The van der Waals surface area contributed by atoms with Crippen LogP contribution in [0, 0.1) is 0 Å². The third-order valence-corrected chi connectivity index (χ3v) is 4.20. The van der Waals surface area contributed by atoms with Crippen LogP contribution in [0.1, 0.15) is 19.0 Å². The van der Waals surface area contributed by atoms with Gasteiger partial charge in [0.1, 0.15) is 5.82 Å². The first kappa shape index (κ1) is 16.2. The van der Waals surface area contributed by atoms with E-state index in [1.807, 2.05) is 18.2 Å². The van der Waals surface area contributed by atoms with Gasteiger partial charge in [-0.2, -0.15) is 0 Å². The van der Waals surface area contributed by atoms with Gasteiger partial charge in [-0.05, 0) is 25.0 Å². The predicted octanol–water partition coefficient (Wildman–Crippen LogP) is 1.69. The Labute approximate surface area is 141 Å². The highest BCUT2D eigenvalue weighted by Crippen LogP contribution is 2.21. The van der Waals surface area contributed by atoms with Gasteiger partial charge in [-0.25, -0.2) is 14.8 Å². The summed E-state index contributed by atoms with van der Waals surface area (Å²) in [6.07, 6.45) is 5.20. The fourth-order valence-electron chi connectivity index (χ4n) is 2.82. The van der Waals surface area contributed by atoms with Crippen molar-refractivity contribution in [3.8, 4) is 11.4 Å². The maximum Gasteiger partial charge on any atom is 0.314 e. The second-order valence-electron chi connectivity index (χ2n) is 5.80. The van der Waals surface area contributed by atoms with Gasteiger partial charge < -0.3 is 15.5 Å². The summed E-state index contributed by atoms with van der Waals surface area (Å²) in [6.45, 7) is 4.96. The van der Waals surface area contributed by atoms with E-state index in [1.165, 1.54) is 0 Å². The molecule has 126 valence electrons. The number of aryl methyl sites for hydroxylation is 1. The number of aromatic nitrogens is 3. The predicted molar refractivity (Wildman–Crippen MR) is 92.6 cm³/mol. The highest BCUT2D eigenvalue weighted by molar-refractivity contribution is 5.72. The fourth-order valence-corrected chi connectivity index (χ4v) is 2.82. The Bertz CT molecular complexity index is 705. The third-order valence-electron chi connectivity index (χ3n) is 4.20. The molecular weight excluding hydrogens is 304 g/mol. The van der Waals surface area contributed by atoms with Crippen LogP contribution in [0.3, 0.4) is 0 Å². The summed E-state index contributed by atoms with van der Waals surface area (Å²) in [5, 5.41) is 0. The van der Waals surface area contributed by atoms with E-state index >= 15 is 0 Å². The smallest absolute Gasteiger partial charge is 0.314 e. The number of rotatable bonds is 3. The minimum absolute atomic E-state index is 0.355. The first-order valence-electron chi connectivity index (χ1n) is 8.25. The average molecular weight is 326 g/mol. The number of carbonyl (C=O) groups excluding carboxylic acids is 1. The Morgan fingerprint density at radius 2 is 1.96 bits per heavy atom. The molecule has 3 rings (SSSR count). The summed E-state index contributed by atoms with van der Waals surface area (Å²) in [6, 6.07) is 5.50. The normalized spacial score (nSPS) is 15.2. The summed E-state index contributed by atoms with van der Waals surface area (Å²) < 4.78 is 0. The molecule has 0 aromatic carbocycles. The van der Waals surface area contributed by atoms with Gasteiger partial charge in [0.15, 0.2) is 5.82 Å². The van der Waals surface area contributed by atoms with Crippen LogP contribution >= 0.6 is 0 Å². The van der Waals surface area contributed by atoms with Crippen LogP contribution in [0.4, 0.5) is 10.6 Å². The number of hydrogen-bond acceptors (Lipinski definition) is 5. The Morgan fingerprint density at radius 3 is 2.67 bits per heavy atom. The van der Waals surface area contributed by atoms with Gasteiger partial charge in [-0.3, -0.25) is 4.98 Å². The number of amides is 2. The van der Waals surface area contributed by atoms with Crippen molar-refractivity contribution in [2.45, 2.75) is 19.8 Å². The van der Waals surface area contributed by atoms with E-state index in [4.69, 9.17) is 10.7 Å². The Balaban J connectivity index is 1.89. The molecule has 3 heterocycles. The molecule has 2 aromatic heterocycles. The molecule has 24 heavy (non-hydrogen) atoms. The molecule has 7 heteroatoms. The Hall–Kier alpha value is -2.70. The molecular formula is C17H22N6O. The third kappa shape index (κ3) is 3.61. The van der Waals surface area contributed by atoms with Crippen LogP contribution in [0.25, 0.3) is 11.4 Å². The summed E-state index contributed by atoms with van der Waals surface area (Å²) in [5.41, 5.74) is 7.36. The molecule has 1 fully saturated rings. The van der Waals surface area contributed by atoms with Crippen molar-refractivity contribution < 1.29 is 4.79 Å². The van der Waals surface area contributed by atoms with E-state index in [1.54, 1.807) is 17.3 Å². The monoisotopic (exact) mass is 326 g/mol. The van der Waals surface area contributed by atoms with Crippen molar-refractivity contribution in [2.24, 2.45) is 5.73 Å². The summed E-state index contributed by atoms with van der Waals surface area (Å²) >= 11 is 0. The first-order chi connectivity index (χ1) is 11.7. The molecule has 1 saturated heterocycles. The topological polar surface area (TPSA) is 88.2 Å². The highest BCUT2D eigenvalue weighted by atomic mass is 16.2. The summed E-state index contributed by atoms with van der Waals surface area (Å²) in [4.78, 5) is 28.7. The number of urea groups is 1. The lowest BCUT2D eigenvalue weighted by atomic mass is 10.2. The number of carbonyl (C=O) groups is 1. The van der Waals surface area contributed by atoms with Crippen molar-refractivity contribution in [2.75, 3.05) is 31.1 Å². The molecule has 2 amide bonds. The van der Waals surface area contributed by atoms with E-state index in [0.717, 1.165) is 43.0 Å². The maximum atomic E-state index is 11.4. The zero-order valence-corrected chi connectivity index (χ0v) is 13.9. The first-order valence-corrected chi connectivity index (χ1v) is 8.25. The molecule has 0 bridgehead atoms. The molecule has 0 aliphatic carbocycles. The van der Waals surface area contributed by atoms with Gasteiger partial charge in [0.25, 0.3) is 0 Å². The minimum atomic E-state index is -0.355. The van der Waals surface area contributed by atoms with Crippen molar-refractivity contribution in [1.82, 2.24) is 19.9 Å². The quantitative estimate of drug-likeness (QED) is 0.927. The lowest BCUT2D eigenvalue weighted by molar-refractivity contribution is 0.211. The van der Waals surface area contributed by atoms with E-state index in [2.05, 4.69) is 21.8 Å². The zero-order chi connectivity index (χ0) is 16.9. The van der Waals surface area contributed by atoms with Gasteiger partial charge in [0.05, 0.1) is 0 Å². The largest absolute Gasteiger partial charge is 0.355 e. The van der Waals surface area contributed by atoms with E-state index in [9.17, 15) is 4.79 Å². The molecule has 1 aliphatic rings.